The van der Waals surface area contributed by atoms with Crippen LogP contribution in [-0.4, -0.2) is 52.6 Å². The van der Waals surface area contributed by atoms with Gasteiger partial charge in [0.1, 0.15) is 12.1 Å². The molecule has 3 aromatic rings. The first-order valence-electron chi connectivity index (χ1n) is 12.7. The third kappa shape index (κ3) is 5.43. The number of amides is 1. The molecule has 196 valence electrons. The van der Waals surface area contributed by atoms with Gasteiger partial charge in [-0.2, -0.15) is 0 Å². The zero-order valence-electron chi connectivity index (χ0n) is 20.8. The van der Waals surface area contributed by atoms with Gasteiger partial charge in [0, 0.05) is 17.5 Å². The molecule has 1 aliphatic carbocycles. The van der Waals surface area contributed by atoms with Crippen molar-refractivity contribution in [2.24, 2.45) is 5.73 Å². The molecule has 1 aromatic heterocycles. The fourth-order valence-electron chi connectivity index (χ4n) is 5.51. The fraction of sp³-hybridized carbons (Fsp3) is 0.444. The van der Waals surface area contributed by atoms with E-state index in [-0.39, 0.29) is 28.8 Å². The first kappa shape index (κ1) is 25.5. The van der Waals surface area contributed by atoms with E-state index in [0.717, 1.165) is 51.5 Å². The number of benzene rings is 2. The number of anilines is 2. The van der Waals surface area contributed by atoms with E-state index in [2.05, 4.69) is 20.2 Å². The number of likely N-dealkylation sites (tertiary alicyclic amines) is 1. The number of halogens is 2. The summed E-state index contributed by atoms with van der Waals surface area (Å²) in [7, 11) is 1.59. The standard InChI is InChI=1S/C27H31ClFN5O3/c1-36-23-14-21-18(27(32-15-31-21)33-20-6-4-5-19(28)25(20)29)13-24(23)37-17-10-8-16(9-11-17)34-12-3-2-7-22(34)26(30)35/h4-6,13-17,22H,2-3,7-12H2,1H3,(H2,30,35)(H,31,32,33)/t16?,17?,22-/m0/s1. The SMILES string of the molecule is COc1cc2ncnc(Nc3cccc(Cl)c3F)c2cc1OC1CCC(N2CCCC[C@H]2C(N)=O)CC1. The number of ether oxygens (including phenoxy) is 2. The molecule has 37 heavy (non-hydrogen) atoms. The molecule has 1 saturated carbocycles. The van der Waals surface area contributed by atoms with Crippen LogP contribution in [0.4, 0.5) is 15.9 Å². The van der Waals surface area contributed by atoms with Crippen LogP contribution >= 0.6 is 11.6 Å². The lowest BCUT2D eigenvalue weighted by Crippen LogP contribution is -2.53. The van der Waals surface area contributed by atoms with Crippen molar-refractivity contribution >= 4 is 39.9 Å². The molecule has 2 fully saturated rings. The summed E-state index contributed by atoms with van der Waals surface area (Å²) >= 11 is 5.94. The molecule has 0 bridgehead atoms. The quantitative estimate of drug-likeness (QED) is 0.435. The van der Waals surface area contributed by atoms with Crippen molar-refractivity contribution in [2.45, 2.75) is 63.1 Å². The maximum absolute atomic E-state index is 14.5. The normalized spacial score (nSPS) is 22.5. The van der Waals surface area contributed by atoms with Crippen LogP contribution in [0, 0.1) is 5.82 Å². The van der Waals surface area contributed by atoms with Gasteiger partial charge in [0.25, 0.3) is 0 Å². The van der Waals surface area contributed by atoms with Gasteiger partial charge in [-0.1, -0.05) is 24.1 Å². The third-order valence-electron chi connectivity index (χ3n) is 7.40. The number of aromatic nitrogens is 2. The number of nitrogens with one attached hydrogen (secondary N) is 1. The molecule has 0 spiro atoms. The Balaban J connectivity index is 1.34. The summed E-state index contributed by atoms with van der Waals surface area (Å²) in [6, 6.07) is 8.56. The highest BCUT2D eigenvalue weighted by atomic mass is 35.5. The van der Waals surface area contributed by atoms with E-state index in [4.69, 9.17) is 26.8 Å². The minimum Gasteiger partial charge on any atom is -0.493 e. The molecule has 0 unspecified atom stereocenters. The predicted molar refractivity (Wildman–Crippen MR) is 141 cm³/mol. The van der Waals surface area contributed by atoms with Crippen molar-refractivity contribution in [1.29, 1.82) is 0 Å². The number of nitrogens with two attached hydrogens (primary N) is 1. The van der Waals surface area contributed by atoms with Crippen LogP contribution in [0.25, 0.3) is 10.9 Å². The Labute approximate surface area is 220 Å². The maximum Gasteiger partial charge on any atom is 0.234 e. The number of rotatable bonds is 7. The molecule has 2 aromatic carbocycles. The van der Waals surface area contributed by atoms with Gasteiger partial charge in [0.15, 0.2) is 17.3 Å². The number of primary amides is 1. The lowest BCUT2D eigenvalue weighted by molar-refractivity contribution is -0.126. The Morgan fingerprint density at radius 2 is 1.95 bits per heavy atom. The summed E-state index contributed by atoms with van der Waals surface area (Å²) in [5.74, 6) is 0.812. The number of methoxy groups -OCH3 is 1. The molecular formula is C27H31ClFN5O3. The molecule has 1 aliphatic heterocycles. The van der Waals surface area contributed by atoms with Gasteiger partial charge in [-0.3, -0.25) is 9.69 Å². The molecule has 10 heteroatoms. The topological polar surface area (TPSA) is 103 Å². The summed E-state index contributed by atoms with van der Waals surface area (Å²) in [5.41, 5.74) is 6.54. The van der Waals surface area contributed by atoms with Crippen LogP contribution in [0.3, 0.4) is 0 Å². The first-order chi connectivity index (χ1) is 17.9. The van der Waals surface area contributed by atoms with Gasteiger partial charge in [-0.15, -0.1) is 0 Å². The van der Waals surface area contributed by atoms with Gasteiger partial charge in [-0.05, 0) is 63.3 Å². The van der Waals surface area contributed by atoms with Crippen molar-refractivity contribution in [2.75, 3.05) is 19.0 Å². The number of carbonyl (C=O) groups excluding carboxylic acids is 1. The molecule has 1 atom stereocenters. The maximum atomic E-state index is 14.5. The molecule has 0 radical (unpaired) electrons. The molecule has 2 heterocycles. The molecule has 2 aliphatic rings. The Morgan fingerprint density at radius 3 is 2.70 bits per heavy atom. The zero-order valence-corrected chi connectivity index (χ0v) is 21.5. The van der Waals surface area contributed by atoms with Gasteiger partial charge < -0.3 is 20.5 Å². The first-order valence-corrected chi connectivity index (χ1v) is 13.1. The molecular weight excluding hydrogens is 497 g/mol. The Bertz CT molecular complexity index is 1280. The summed E-state index contributed by atoms with van der Waals surface area (Å²) in [6.07, 6.45) is 8.01. The highest BCUT2D eigenvalue weighted by Crippen LogP contribution is 2.38. The van der Waals surface area contributed by atoms with Crippen molar-refractivity contribution in [3.8, 4) is 11.5 Å². The lowest BCUT2D eigenvalue weighted by atomic mass is 9.88. The van der Waals surface area contributed by atoms with Crippen molar-refractivity contribution < 1.29 is 18.7 Å². The Hall–Kier alpha value is -3.17. The minimum absolute atomic E-state index is 0.00540. The fourth-order valence-corrected chi connectivity index (χ4v) is 5.69. The number of carbonyl (C=O) groups is 1. The highest BCUT2D eigenvalue weighted by Gasteiger charge is 2.35. The average Bonchev–Trinajstić information content (AvgIpc) is 2.91. The Morgan fingerprint density at radius 1 is 1.14 bits per heavy atom. The van der Waals surface area contributed by atoms with E-state index in [9.17, 15) is 9.18 Å². The van der Waals surface area contributed by atoms with E-state index in [1.165, 1.54) is 12.4 Å². The van der Waals surface area contributed by atoms with E-state index in [0.29, 0.717) is 34.3 Å². The van der Waals surface area contributed by atoms with Crippen molar-refractivity contribution in [3.05, 3.63) is 47.5 Å². The van der Waals surface area contributed by atoms with E-state index in [1.807, 2.05) is 6.07 Å². The molecule has 1 saturated heterocycles. The van der Waals surface area contributed by atoms with Gasteiger partial charge >= 0.3 is 0 Å². The predicted octanol–water partition coefficient (Wildman–Crippen LogP) is 5.20. The molecule has 3 N–H and O–H groups in total. The van der Waals surface area contributed by atoms with Crippen LogP contribution in [-0.2, 0) is 4.79 Å². The highest BCUT2D eigenvalue weighted by molar-refractivity contribution is 6.31. The van der Waals surface area contributed by atoms with Crippen LogP contribution in [0.5, 0.6) is 11.5 Å². The van der Waals surface area contributed by atoms with Crippen LogP contribution in [0.2, 0.25) is 5.02 Å². The van der Waals surface area contributed by atoms with Crippen LogP contribution in [0.1, 0.15) is 44.9 Å². The van der Waals surface area contributed by atoms with Crippen molar-refractivity contribution in [3.63, 3.8) is 0 Å². The van der Waals surface area contributed by atoms with E-state index in [1.54, 1.807) is 25.3 Å². The third-order valence-corrected chi connectivity index (χ3v) is 7.70. The Kier molecular flexibility index (Phi) is 7.62. The molecule has 8 nitrogen and oxygen atoms in total. The van der Waals surface area contributed by atoms with Gasteiger partial charge in [0.05, 0.1) is 35.5 Å². The number of piperidine rings is 1. The van der Waals surface area contributed by atoms with Gasteiger partial charge in [-0.25, -0.2) is 14.4 Å². The van der Waals surface area contributed by atoms with E-state index < -0.39 is 5.82 Å². The zero-order chi connectivity index (χ0) is 25.9. The monoisotopic (exact) mass is 527 g/mol. The van der Waals surface area contributed by atoms with Crippen molar-refractivity contribution in [1.82, 2.24) is 14.9 Å². The summed E-state index contributed by atoms with van der Waals surface area (Å²) in [6.45, 7) is 0.922. The second-order valence-electron chi connectivity index (χ2n) is 9.67. The largest absolute Gasteiger partial charge is 0.493 e. The average molecular weight is 528 g/mol. The van der Waals surface area contributed by atoms with Gasteiger partial charge in [0.2, 0.25) is 5.91 Å². The number of hydrogen-bond donors (Lipinski definition) is 2. The smallest absolute Gasteiger partial charge is 0.234 e. The summed E-state index contributed by atoms with van der Waals surface area (Å²) in [4.78, 5) is 23.0. The lowest BCUT2D eigenvalue weighted by Gasteiger charge is -2.42. The second-order valence-corrected chi connectivity index (χ2v) is 10.1. The molecule has 5 rings (SSSR count). The second kappa shape index (κ2) is 11.1. The van der Waals surface area contributed by atoms with E-state index >= 15 is 0 Å². The number of hydrogen-bond acceptors (Lipinski definition) is 7. The molecule has 1 amide bonds. The summed E-state index contributed by atoms with van der Waals surface area (Å²) in [5, 5.41) is 3.72. The number of nitrogens with zero attached hydrogens (tertiary/aromatic N) is 3. The summed E-state index contributed by atoms with van der Waals surface area (Å²) < 4.78 is 26.5. The van der Waals surface area contributed by atoms with Crippen LogP contribution < -0.4 is 20.5 Å². The number of fused-ring (bicyclic) bond motifs is 1. The minimum atomic E-state index is -0.551. The van der Waals surface area contributed by atoms with Crippen LogP contribution in [0.15, 0.2) is 36.7 Å².